The highest BCUT2D eigenvalue weighted by molar-refractivity contribution is 5.75. The number of carbonyl (C=O) groups excluding carboxylic acids is 1. The van der Waals surface area contributed by atoms with Crippen molar-refractivity contribution >= 4 is 5.91 Å². The van der Waals surface area contributed by atoms with Crippen LogP contribution in [0.3, 0.4) is 0 Å². The number of amides is 1. The van der Waals surface area contributed by atoms with Gasteiger partial charge in [-0.05, 0) is 37.9 Å². The molecule has 4 nitrogen and oxygen atoms in total. The number of carbonyl (C=O) groups is 1. The summed E-state index contributed by atoms with van der Waals surface area (Å²) in [7, 11) is 1.85. The van der Waals surface area contributed by atoms with Crippen molar-refractivity contribution in [3.63, 3.8) is 0 Å². The zero-order chi connectivity index (χ0) is 14.2. The van der Waals surface area contributed by atoms with E-state index in [1.807, 2.05) is 37.4 Å². The summed E-state index contributed by atoms with van der Waals surface area (Å²) in [5.74, 6) is 1.05. The SMILES string of the molecule is CN(CCOc1ccccc1)C(=O)CCC1CCCN1. The molecule has 1 fully saturated rings. The van der Waals surface area contributed by atoms with E-state index in [-0.39, 0.29) is 5.91 Å². The minimum Gasteiger partial charge on any atom is -0.492 e. The molecule has 0 spiro atoms. The van der Waals surface area contributed by atoms with Crippen molar-refractivity contribution < 1.29 is 9.53 Å². The maximum atomic E-state index is 12.0. The molecule has 1 heterocycles. The number of para-hydroxylation sites is 1. The molecule has 0 radical (unpaired) electrons. The zero-order valence-electron chi connectivity index (χ0n) is 12.2. The Hall–Kier alpha value is -1.55. The van der Waals surface area contributed by atoms with Gasteiger partial charge in [-0.2, -0.15) is 0 Å². The van der Waals surface area contributed by atoms with Gasteiger partial charge in [0.25, 0.3) is 0 Å². The number of ether oxygens (including phenoxy) is 1. The number of nitrogens with one attached hydrogen (secondary N) is 1. The van der Waals surface area contributed by atoms with Crippen molar-refractivity contribution in [1.82, 2.24) is 10.2 Å². The summed E-state index contributed by atoms with van der Waals surface area (Å²) >= 11 is 0. The molecule has 0 bridgehead atoms. The number of hydrogen-bond donors (Lipinski definition) is 1. The molecule has 1 aromatic rings. The molecule has 4 heteroatoms. The summed E-state index contributed by atoms with van der Waals surface area (Å²) in [5.41, 5.74) is 0. The van der Waals surface area contributed by atoms with Crippen LogP contribution in [0, 0.1) is 0 Å². The van der Waals surface area contributed by atoms with E-state index < -0.39 is 0 Å². The molecule has 1 aliphatic heterocycles. The van der Waals surface area contributed by atoms with Gasteiger partial charge in [0.15, 0.2) is 0 Å². The number of hydrogen-bond acceptors (Lipinski definition) is 3. The predicted octanol–water partition coefficient (Wildman–Crippen LogP) is 2.06. The van der Waals surface area contributed by atoms with Crippen LogP contribution in [0.25, 0.3) is 0 Å². The van der Waals surface area contributed by atoms with Gasteiger partial charge in [0.05, 0.1) is 6.54 Å². The Morgan fingerprint density at radius 2 is 2.20 bits per heavy atom. The fraction of sp³-hybridized carbons (Fsp3) is 0.562. The minimum atomic E-state index is 0.204. The fourth-order valence-corrected chi connectivity index (χ4v) is 2.43. The Labute approximate surface area is 121 Å². The highest BCUT2D eigenvalue weighted by Gasteiger charge is 2.16. The molecule has 110 valence electrons. The second-order valence-electron chi connectivity index (χ2n) is 5.31. The predicted molar refractivity (Wildman–Crippen MR) is 79.8 cm³/mol. The third-order valence-corrected chi connectivity index (χ3v) is 3.73. The molecular formula is C16H24N2O2. The molecule has 1 unspecified atom stereocenters. The van der Waals surface area contributed by atoms with Gasteiger partial charge in [-0.25, -0.2) is 0 Å². The van der Waals surface area contributed by atoms with Crippen LogP contribution in [0.4, 0.5) is 0 Å². The number of nitrogens with zero attached hydrogens (tertiary/aromatic N) is 1. The van der Waals surface area contributed by atoms with Gasteiger partial charge in [0.1, 0.15) is 12.4 Å². The summed E-state index contributed by atoms with van der Waals surface area (Å²) in [6, 6.07) is 10.2. The normalized spacial score (nSPS) is 17.9. The van der Waals surface area contributed by atoms with Crippen LogP contribution in [-0.2, 0) is 4.79 Å². The molecule has 1 saturated heterocycles. The topological polar surface area (TPSA) is 41.6 Å². The Balaban J connectivity index is 1.61. The summed E-state index contributed by atoms with van der Waals surface area (Å²) in [5, 5.41) is 3.42. The molecule has 0 aromatic heterocycles. The quantitative estimate of drug-likeness (QED) is 0.829. The first kappa shape index (κ1) is 14.9. The van der Waals surface area contributed by atoms with Crippen LogP contribution >= 0.6 is 0 Å². The van der Waals surface area contributed by atoms with E-state index in [0.717, 1.165) is 18.7 Å². The number of benzene rings is 1. The van der Waals surface area contributed by atoms with Crippen molar-refractivity contribution in [1.29, 1.82) is 0 Å². The standard InChI is InChI=1S/C16H24N2O2/c1-18(12-13-20-15-7-3-2-4-8-15)16(19)10-9-14-6-5-11-17-14/h2-4,7-8,14,17H,5-6,9-13H2,1H3. The van der Waals surface area contributed by atoms with Gasteiger partial charge in [-0.3, -0.25) is 4.79 Å². The monoisotopic (exact) mass is 276 g/mol. The molecule has 20 heavy (non-hydrogen) atoms. The lowest BCUT2D eigenvalue weighted by Gasteiger charge is -2.18. The van der Waals surface area contributed by atoms with Crippen LogP contribution < -0.4 is 10.1 Å². The van der Waals surface area contributed by atoms with Crippen molar-refractivity contribution in [2.24, 2.45) is 0 Å². The van der Waals surface area contributed by atoms with Crippen LogP contribution in [0.2, 0.25) is 0 Å². The van der Waals surface area contributed by atoms with E-state index >= 15 is 0 Å². The van der Waals surface area contributed by atoms with Crippen molar-refractivity contribution in [2.45, 2.75) is 31.7 Å². The molecule has 1 atom stereocenters. The number of likely N-dealkylation sites (N-methyl/N-ethyl adjacent to an activating group) is 1. The lowest BCUT2D eigenvalue weighted by Crippen LogP contribution is -2.32. The zero-order valence-corrected chi connectivity index (χ0v) is 12.2. The summed E-state index contributed by atoms with van der Waals surface area (Å²) in [4.78, 5) is 13.7. The Kier molecular flexibility index (Phi) is 5.87. The third-order valence-electron chi connectivity index (χ3n) is 3.73. The summed E-state index contributed by atoms with van der Waals surface area (Å²) in [6.45, 7) is 2.26. The average molecular weight is 276 g/mol. The van der Waals surface area contributed by atoms with Gasteiger partial charge in [0, 0.05) is 19.5 Å². The molecule has 1 N–H and O–H groups in total. The summed E-state index contributed by atoms with van der Waals surface area (Å²) in [6.07, 6.45) is 4.01. The third kappa shape index (κ3) is 4.85. The van der Waals surface area contributed by atoms with Crippen LogP contribution in [0.15, 0.2) is 30.3 Å². The first-order valence-electron chi connectivity index (χ1n) is 7.41. The molecule has 1 aliphatic rings. The molecule has 0 saturated carbocycles. The van der Waals surface area contributed by atoms with Crippen LogP contribution in [0.5, 0.6) is 5.75 Å². The molecule has 1 amide bonds. The van der Waals surface area contributed by atoms with E-state index in [2.05, 4.69) is 5.32 Å². The van der Waals surface area contributed by atoms with Crippen LogP contribution in [-0.4, -0.2) is 43.6 Å². The van der Waals surface area contributed by atoms with Crippen molar-refractivity contribution in [3.8, 4) is 5.75 Å². The first-order valence-corrected chi connectivity index (χ1v) is 7.41. The van der Waals surface area contributed by atoms with Crippen molar-refractivity contribution in [2.75, 3.05) is 26.7 Å². The van der Waals surface area contributed by atoms with E-state index in [0.29, 0.717) is 25.6 Å². The maximum absolute atomic E-state index is 12.0. The van der Waals surface area contributed by atoms with E-state index in [4.69, 9.17) is 4.74 Å². The van der Waals surface area contributed by atoms with Crippen molar-refractivity contribution in [3.05, 3.63) is 30.3 Å². The van der Waals surface area contributed by atoms with Gasteiger partial charge < -0.3 is 15.0 Å². The van der Waals surface area contributed by atoms with Gasteiger partial charge in [-0.1, -0.05) is 18.2 Å². The van der Waals surface area contributed by atoms with E-state index in [9.17, 15) is 4.79 Å². The maximum Gasteiger partial charge on any atom is 0.222 e. The highest BCUT2D eigenvalue weighted by atomic mass is 16.5. The number of rotatable bonds is 7. The lowest BCUT2D eigenvalue weighted by molar-refractivity contribution is -0.130. The second kappa shape index (κ2) is 7.90. The Morgan fingerprint density at radius 3 is 2.90 bits per heavy atom. The molecule has 1 aromatic carbocycles. The minimum absolute atomic E-state index is 0.204. The Morgan fingerprint density at radius 1 is 1.40 bits per heavy atom. The van der Waals surface area contributed by atoms with Gasteiger partial charge in [0.2, 0.25) is 5.91 Å². The average Bonchev–Trinajstić information content (AvgIpc) is 2.99. The molecule has 2 rings (SSSR count). The second-order valence-corrected chi connectivity index (χ2v) is 5.31. The van der Waals surface area contributed by atoms with Gasteiger partial charge in [-0.15, -0.1) is 0 Å². The first-order chi connectivity index (χ1) is 9.75. The van der Waals surface area contributed by atoms with E-state index in [1.165, 1.54) is 12.8 Å². The summed E-state index contributed by atoms with van der Waals surface area (Å²) < 4.78 is 5.60. The fourth-order valence-electron chi connectivity index (χ4n) is 2.43. The van der Waals surface area contributed by atoms with Crippen LogP contribution in [0.1, 0.15) is 25.7 Å². The largest absolute Gasteiger partial charge is 0.492 e. The molecule has 0 aliphatic carbocycles. The Bertz CT molecular complexity index is 402. The smallest absolute Gasteiger partial charge is 0.222 e. The van der Waals surface area contributed by atoms with E-state index in [1.54, 1.807) is 4.90 Å². The van der Waals surface area contributed by atoms with Gasteiger partial charge >= 0.3 is 0 Å². The highest BCUT2D eigenvalue weighted by Crippen LogP contribution is 2.12. The molecular weight excluding hydrogens is 252 g/mol. The lowest BCUT2D eigenvalue weighted by atomic mass is 10.1.